The molecule has 2 aromatic rings. The standard InChI is InChI=1S/C18H19N3/c1-12-7-14(3-5-20-12)16-9-17(11-18(19)10-16)15-4-6-21-13(2)8-15/h3-7,9-11,13H,8,19H2,1-2H3. The second-order valence-corrected chi connectivity index (χ2v) is 5.57. The van der Waals surface area contributed by atoms with Crippen LogP contribution in [0.5, 0.6) is 0 Å². The quantitative estimate of drug-likeness (QED) is 0.847. The molecule has 2 N–H and O–H groups in total. The highest BCUT2D eigenvalue weighted by molar-refractivity contribution is 5.88. The van der Waals surface area contributed by atoms with Gasteiger partial charge in [0.1, 0.15) is 0 Å². The summed E-state index contributed by atoms with van der Waals surface area (Å²) in [5.41, 5.74) is 12.6. The van der Waals surface area contributed by atoms with Crippen LogP contribution in [0.15, 0.2) is 47.6 Å². The zero-order valence-corrected chi connectivity index (χ0v) is 12.4. The summed E-state index contributed by atoms with van der Waals surface area (Å²) < 4.78 is 0. The molecule has 3 heteroatoms. The molecule has 0 saturated carbocycles. The van der Waals surface area contributed by atoms with E-state index in [2.05, 4.69) is 35.1 Å². The SMILES string of the molecule is Cc1cc(-c2cc(N)cc(C3=CC=NC(C)C3)c2)ccn1. The minimum atomic E-state index is 0.332. The summed E-state index contributed by atoms with van der Waals surface area (Å²) in [6.45, 7) is 4.13. The fourth-order valence-electron chi connectivity index (χ4n) is 2.66. The van der Waals surface area contributed by atoms with Gasteiger partial charge in [0.05, 0.1) is 6.04 Å². The van der Waals surface area contributed by atoms with Crippen LogP contribution in [-0.4, -0.2) is 17.2 Å². The Bertz CT molecular complexity index is 729. The van der Waals surface area contributed by atoms with Crippen LogP contribution in [0.1, 0.15) is 24.6 Å². The van der Waals surface area contributed by atoms with Crippen molar-refractivity contribution in [2.45, 2.75) is 26.3 Å². The molecule has 21 heavy (non-hydrogen) atoms. The van der Waals surface area contributed by atoms with Gasteiger partial charge in [0.25, 0.3) is 0 Å². The Labute approximate surface area is 125 Å². The van der Waals surface area contributed by atoms with Crippen molar-refractivity contribution in [1.29, 1.82) is 0 Å². The van der Waals surface area contributed by atoms with Crippen molar-refractivity contribution in [3.8, 4) is 11.1 Å². The van der Waals surface area contributed by atoms with Gasteiger partial charge < -0.3 is 5.73 Å². The zero-order chi connectivity index (χ0) is 14.8. The first kappa shape index (κ1) is 13.6. The lowest BCUT2D eigenvalue weighted by molar-refractivity contribution is 0.768. The summed E-state index contributed by atoms with van der Waals surface area (Å²) in [4.78, 5) is 8.63. The van der Waals surface area contributed by atoms with Gasteiger partial charge in [-0.05, 0) is 78.9 Å². The molecule has 2 heterocycles. The van der Waals surface area contributed by atoms with Gasteiger partial charge in [0, 0.05) is 23.8 Å². The average Bonchev–Trinajstić information content (AvgIpc) is 2.46. The Kier molecular flexibility index (Phi) is 3.57. The van der Waals surface area contributed by atoms with Gasteiger partial charge in [0.2, 0.25) is 0 Å². The van der Waals surface area contributed by atoms with Crippen LogP contribution >= 0.6 is 0 Å². The second-order valence-electron chi connectivity index (χ2n) is 5.57. The molecule has 1 aromatic heterocycles. The van der Waals surface area contributed by atoms with Crippen LogP contribution in [0, 0.1) is 6.92 Å². The maximum Gasteiger partial charge on any atom is 0.0511 e. The number of nitrogen functional groups attached to an aromatic ring is 1. The number of nitrogens with two attached hydrogens (primary N) is 1. The predicted molar refractivity (Wildman–Crippen MR) is 89.4 cm³/mol. The Balaban J connectivity index is 2.05. The summed E-state index contributed by atoms with van der Waals surface area (Å²) in [5, 5.41) is 0. The van der Waals surface area contributed by atoms with E-state index >= 15 is 0 Å². The number of rotatable bonds is 2. The second kappa shape index (κ2) is 5.52. The molecule has 3 rings (SSSR count). The van der Waals surface area contributed by atoms with Crippen LogP contribution < -0.4 is 5.73 Å². The van der Waals surface area contributed by atoms with Crippen LogP contribution in [0.25, 0.3) is 16.7 Å². The highest BCUT2D eigenvalue weighted by Crippen LogP contribution is 2.30. The van der Waals surface area contributed by atoms with Crippen LogP contribution in [-0.2, 0) is 0 Å². The van der Waals surface area contributed by atoms with Crippen molar-refractivity contribution in [3.05, 3.63) is 53.9 Å². The summed E-state index contributed by atoms with van der Waals surface area (Å²) in [6, 6.07) is 10.7. The molecule has 0 fully saturated rings. The van der Waals surface area contributed by atoms with Crippen molar-refractivity contribution in [1.82, 2.24) is 4.98 Å². The first-order chi connectivity index (χ1) is 10.1. The first-order valence-electron chi connectivity index (χ1n) is 7.18. The summed E-state index contributed by atoms with van der Waals surface area (Å²) >= 11 is 0. The molecule has 106 valence electrons. The van der Waals surface area contributed by atoms with E-state index < -0.39 is 0 Å². The minimum absolute atomic E-state index is 0.332. The Morgan fingerprint density at radius 2 is 1.90 bits per heavy atom. The van der Waals surface area contributed by atoms with E-state index in [4.69, 9.17) is 5.73 Å². The number of pyridine rings is 1. The summed E-state index contributed by atoms with van der Waals surface area (Å²) in [5.74, 6) is 0. The number of nitrogens with zero attached hydrogens (tertiary/aromatic N) is 2. The normalized spacial score (nSPS) is 17.6. The van der Waals surface area contributed by atoms with E-state index in [9.17, 15) is 0 Å². The fraction of sp³-hybridized carbons (Fsp3) is 0.222. The first-order valence-corrected chi connectivity index (χ1v) is 7.18. The maximum absolute atomic E-state index is 6.10. The van der Waals surface area contributed by atoms with Gasteiger partial charge in [-0.25, -0.2) is 0 Å². The van der Waals surface area contributed by atoms with Gasteiger partial charge >= 0.3 is 0 Å². The highest BCUT2D eigenvalue weighted by Gasteiger charge is 2.11. The largest absolute Gasteiger partial charge is 0.399 e. The van der Waals surface area contributed by atoms with Crippen molar-refractivity contribution in [2.24, 2.45) is 4.99 Å². The number of aromatic nitrogens is 1. The lowest BCUT2D eigenvalue weighted by Crippen LogP contribution is -2.05. The highest BCUT2D eigenvalue weighted by atomic mass is 14.8. The molecule has 0 spiro atoms. The number of hydrogen-bond donors (Lipinski definition) is 1. The number of dihydropyridines is 1. The summed E-state index contributed by atoms with van der Waals surface area (Å²) in [7, 11) is 0. The Morgan fingerprint density at radius 3 is 2.67 bits per heavy atom. The van der Waals surface area contributed by atoms with Gasteiger partial charge in [-0.2, -0.15) is 0 Å². The topological polar surface area (TPSA) is 51.3 Å². The lowest BCUT2D eigenvalue weighted by atomic mass is 9.94. The number of hydrogen-bond acceptors (Lipinski definition) is 3. The van der Waals surface area contributed by atoms with Gasteiger partial charge in [-0.1, -0.05) is 0 Å². The fourth-order valence-corrected chi connectivity index (χ4v) is 2.66. The van der Waals surface area contributed by atoms with Crippen LogP contribution in [0.2, 0.25) is 0 Å². The molecule has 1 atom stereocenters. The van der Waals surface area contributed by atoms with Crippen LogP contribution in [0.3, 0.4) is 0 Å². The molecule has 1 aliphatic rings. The monoisotopic (exact) mass is 277 g/mol. The molecule has 0 amide bonds. The molecule has 0 radical (unpaired) electrons. The molecular formula is C18H19N3. The van der Waals surface area contributed by atoms with E-state index in [1.807, 2.05) is 37.5 Å². The molecular weight excluding hydrogens is 258 g/mol. The molecule has 3 nitrogen and oxygen atoms in total. The van der Waals surface area contributed by atoms with Gasteiger partial charge in [-0.3, -0.25) is 9.98 Å². The van der Waals surface area contributed by atoms with E-state index in [-0.39, 0.29) is 0 Å². The van der Waals surface area contributed by atoms with Gasteiger partial charge in [-0.15, -0.1) is 0 Å². The molecule has 0 aliphatic carbocycles. The van der Waals surface area contributed by atoms with Crippen molar-refractivity contribution < 1.29 is 0 Å². The minimum Gasteiger partial charge on any atom is -0.399 e. The van der Waals surface area contributed by atoms with Crippen molar-refractivity contribution in [3.63, 3.8) is 0 Å². The Morgan fingerprint density at radius 1 is 1.10 bits per heavy atom. The molecule has 1 aliphatic heterocycles. The average molecular weight is 277 g/mol. The number of allylic oxidation sites excluding steroid dienone is 1. The summed E-state index contributed by atoms with van der Waals surface area (Å²) in [6.07, 6.45) is 6.76. The molecule has 0 saturated heterocycles. The van der Waals surface area contributed by atoms with Crippen molar-refractivity contribution >= 4 is 17.5 Å². The predicted octanol–water partition coefficient (Wildman–Crippen LogP) is 3.89. The van der Waals surface area contributed by atoms with E-state index in [1.165, 1.54) is 11.1 Å². The Hall–Kier alpha value is -2.42. The maximum atomic E-state index is 6.10. The van der Waals surface area contributed by atoms with E-state index in [1.54, 1.807) is 0 Å². The van der Waals surface area contributed by atoms with Gasteiger partial charge in [0.15, 0.2) is 0 Å². The molecule has 1 unspecified atom stereocenters. The third-order valence-electron chi connectivity index (χ3n) is 3.69. The third kappa shape index (κ3) is 3.02. The lowest BCUT2D eigenvalue weighted by Gasteiger charge is -2.16. The smallest absolute Gasteiger partial charge is 0.0511 e. The zero-order valence-electron chi connectivity index (χ0n) is 12.4. The number of aliphatic imine (C=N–C) groups is 1. The van der Waals surface area contributed by atoms with Crippen LogP contribution in [0.4, 0.5) is 5.69 Å². The molecule has 1 aromatic carbocycles. The molecule has 0 bridgehead atoms. The van der Waals surface area contributed by atoms with E-state index in [0.717, 1.165) is 28.9 Å². The number of benzene rings is 1. The number of aryl methyl sites for hydroxylation is 1. The van der Waals surface area contributed by atoms with Crippen molar-refractivity contribution in [2.75, 3.05) is 5.73 Å². The third-order valence-corrected chi connectivity index (χ3v) is 3.69. The number of anilines is 1. The van der Waals surface area contributed by atoms with E-state index in [0.29, 0.717) is 6.04 Å².